The van der Waals surface area contributed by atoms with Crippen LogP contribution in [0.2, 0.25) is 0 Å². The van der Waals surface area contributed by atoms with Gasteiger partial charge in [-0.1, -0.05) is 0 Å². The number of Topliss-reactive ketones (excluding diaryl/α,β-unsaturated/α-hetero) is 1. The number of fused-ring (bicyclic) bond motifs is 1. The summed E-state index contributed by atoms with van der Waals surface area (Å²) in [6.07, 6.45) is 0. The zero-order valence-corrected chi connectivity index (χ0v) is 7.73. The van der Waals surface area contributed by atoms with E-state index in [1.807, 2.05) is 0 Å². The van der Waals surface area contributed by atoms with Crippen LogP contribution in [0.1, 0.15) is 21.5 Å². The van der Waals surface area contributed by atoms with Crippen molar-refractivity contribution in [3.8, 4) is 6.07 Å². The van der Waals surface area contributed by atoms with Gasteiger partial charge in [-0.25, -0.2) is 0 Å². The quantitative estimate of drug-likeness (QED) is 0.626. The minimum Gasteiger partial charge on any atom is -0.293 e. The van der Waals surface area contributed by atoms with Gasteiger partial charge < -0.3 is 0 Å². The fourth-order valence-corrected chi connectivity index (χ4v) is 2.29. The molecule has 0 fully saturated rings. The maximum absolute atomic E-state index is 11.4. The fraction of sp³-hybridized carbons (Fsp3) is 0.200. The van der Waals surface area contributed by atoms with Gasteiger partial charge in [0.15, 0.2) is 5.78 Å². The van der Waals surface area contributed by atoms with E-state index in [1.54, 1.807) is 30.0 Å². The van der Waals surface area contributed by atoms with Crippen molar-refractivity contribution < 1.29 is 4.79 Å². The van der Waals surface area contributed by atoms with Crippen LogP contribution < -0.4 is 0 Å². The van der Waals surface area contributed by atoms with E-state index in [0.717, 1.165) is 16.9 Å². The van der Waals surface area contributed by atoms with Gasteiger partial charge in [0.05, 0.1) is 17.4 Å². The molecule has 1 heterocycles. The topological polar surface area (TPSA) is 40.9 Å². The van der Waals surface area contributed by atoms with Crippen LogP contribution in [0.15, 0.2) is 18.2 Å². The molecule has 2 rings (SSSR count). The fourth-order valence-electron chi connectivity index (χ4n) is 1.39. The maximum Gasteiger partial charge on any atom is 0.173 e. The van der Waals surface area contributed by atoms with E-state index in [-0.39, 0.29) is 5.78 Å². The Morgan fingerprint density at radius 2 is 2.23 bits per heavy atom. The lowest BCUT2D eigenvalue weighted by Gasteiger charge is -2.13. The molecule has 3 heteroatoms. The smallest absolute Gasteiger partial charge is 0.173 e. The number of ketones is 1. The molecular weight excluding hydrogens is 182 g/mol. The minimum atomic E-state index is 0.177. The first-order chi connectivity index (χ1) is 6.31. The molecule has 0 unspecified atom stereocenters. The molecule has 0 amide bonds. The lowest BCUT2D eigenvalue weighted by Crippen LogP contribution is -2.11. The van der Waals surface area contributed by atoms with Gasteiger partial charge in [-0.15, -0.1) is 11.8 Å². The Hall–Kier alpha value is -1.27. The molecule has 2 nitrogen and oxygen atoms in total. The third kappa shape index (κ3) is 1.45. The average Bonchev–Trinajstić information content (AvgIpc) is 2.18. The van der Waals surface area contributed by atoms with Gasteiger partial charge in [0, 0.05) is 11.3 Å². The van der Waals surface area contributed by atoms with Gasteiger partial charge in [-0.3, -0.25) is 4.79 Å². The standard InChI is InChI=1S/C10H7NOS/c11-4-7-1-2-9-8(3-7)5-13-6-10(9)12/h1-3H,5-6H2. The van der Waals surface area contributed by atoms with Crippen molar-refractivity contribution >= 4 is 17.5 Å². The van der Waals surface area contributed by atoms with E-state index in [1.165, 1.54) is 0 Å². The van der Waals surface area contributed by atoms with E-state index < -0.39 is 0 Å². The maximum atomic E-state index is 11.4. The molecule has 1 aromatic carbocycles. The van der Waals surface area contributed by atoms with Crippen LogP contribution in [0.4, 0.5) is 0 Å². The molecule has 0 saturated heterocycles. The second-order valence-corrected chi connectivity index (χ2v) is 3.89. The number of rotatable bonds is 0. The number of hydrogen-bond acceptors (Lipinski definition) is 3. The summed E-state index contributed by atoms with van der Waals surface area (Å²) in [6.45, 7) is 0. The summed E-state index contributed by atoms with van der Waals surface area (Å²) in [5.41, 5.74) is 2.42. The highest BCUT2D eigenvalue weighted by Gasteiger charge is 2.16. The number of benzene rings is 1. The number of hydrogen-bond donors (Lipinski definition) is 0. The van der Waals surface area contributed by atoms with Crippen molar-refractivity contribution in [1.29, 1.82) is 5.26 Å². The summed E-state index contributed by atoms with van der Waals surface area (Å²) in [5, 5.41) is 8.66. The minimum absolute atomic E-state index is 0.177. The Kier molecular flexibility index (Phi) is 2.07. The van der Waals surface area contributed by atoms with E-state index >= 15 is 0 Å². The number of thioether (sulfide) groups is 1. The van der Waals surface area contributed by atoms with Crippen molar-refractivity contribution in [1.82, 2.24) is 0 Å². The van der Waals surface area contributed by atoms with Crippen LogP contribution in [0.5, 0.6) is 0 Å². The second kappa shape index (κ2) is 3.23. The molecule has 0 spiro atoms. The summed E-state index contributed by atoms with van der Waals surface area (Å²) >= 11 is 1.61. The zero-order valence-electron chi connectivity index (χ0n) is 6.91. The van der Waals surface area contributed by atoms with Crippen LogP contribution in [0.3, 0.4) is 0 Å². The molecule has 0 aromatic heterocycles. The van der Waals surface area contributed by atoms with Crippen LogP contribution in [0.25, 0.3) is 0 Å². The highest BCUT2D eigenvalue weighted by atomic mass is 32.2. The lowest BCUT2D eigenvalue weighted by molar-refractivity contribution is 0.102. The number of carbonyl (C=O) groups excluding carboxylic acids is 1. The van der Waals surface area contributed by atoms with Crippen molar-refractivity contribution in [3.63, 3.8) is 0 Å². The Morgan fingerprint density at radius 1 is 1.38 bits per heavy atom. The molecule has 0 aliphatic carbocycles. The van der Waals surface area contributed by atoms with Crippen LogP contribution in [0, 0.1) is 11.3 Å². The van der Waals surface area contributed by atoms with Gasteiger partial charge in [0.25, 0.3) is 0 Å². The summed E-state index contributed by atoms with van der Waals surface area (Å²) in [6, 6.07) is 7.34. The van der Waals surface area contributed by atoms with Crippen LogP contribution in [-0.2, 0) is 5.75 Å². The number of nitrogens with zero attached hydrogens (tertiary/aromatic N) is 1. The van der Waals surface area contributed by atoms with Gasteiger partial charge in [-0.05, 0) is 23.8 Å². The lowest BCUT2D eigenvalue weighted by atomic mass is 10.0. The Morgan fingerprint density at radius 3 is 3.00 bits per heavy atom. The molecule has 0 radical (unpaired) electrons. The monoisotopic (exact) mass is 189 g/mol. The molecular formula is C10H7NOS. The van der Waals surface area contributed by atoms with E-state index in [0.29, 0.717) is 11.3 Å². The highest BCUT2D eigenvalue weighted by Crippen LogP contribution is 2.25. The molecule has 13 heavy (non-hydrogen) atoms. The molecule has 0 atom stereocenters. The highest BCUT2D eigenvalue weighted by molar-refractivity contribution is 7.99. The third-order valence-corrected chi connectivity index (χ3v) is 3.01. The first-order valence-electron chi connectivity index (χ1n) is 3.95. The van der Waals surface area contributed by atoms with Gasteiger partial charge in [0.2, 0.25) is 0 Å². The van der Waals surface area contributed by atoms with Crippen LogP contribution >= 0.6 is 11.8 Å². The summed E-state index contributed by atoms with van der Waals surface area (Å²) in [4.78, 5) is 11.4. The largest absolute Gasteiger partial charge is 0.293 e. The van der Waals surface area contributed by atoms with Gasteiger partial charge in [0.1, 0.15) is 0 Å². The molecule has 0 N–H and O–H groups in total. The van der Waals surface area contributed by atoms with Crippen LogP contribution in [-0.4, -0.2) is 11.5 Å². The molecule has 0 bridgehead atoms. The molecule has 1 aromatic rings. The van der Waals surface area contributed by atoms with Crippen molar-refractivity contribution in [2.75, 3.05) is 5.75 Å². The molecule has 1 aliphatic heterocycles. The van der Waals surface area contributed by atoms with E-state index in [4.69, 9.17) is 5.26 Å². The zero-order chi connectivity index (χ0) is 9.26. The average molecular weight is 189 g/mol. The summed E-state index contributed by atoms with van der Waals surface area (Å²) in [7, 11) is 0. The first-order valence-corrected chi connectivity index (χ1v) is 5.10. The first kappa shape index (κ1) is 8.33. The molecule has 1 aliphatic rings. The van der Waals surface area contributed by atoms with Gasteiger partial charge >= 0.3 is 0 Å². The predicted molar refractivity (Wildman–Crippen MR) is 51.6 cm³/mol. The third-order valence-electron chi connectivity index (χ3n) is 2.03. The Labute approximate surface area is 80.6 Å². The second-order valence-electron chi connectivity index (χ2n) is 2.90. The number of carbonyl (C=O) groups is 1. The van der Waals surface area contributed by atoms with Crippen molar-refractivity contribution in [3.05, 3.63) is 34.9 Å². The van der Waals surface area contributed by atoms with E-state index in [2.05, 4.69) is 6.07 Å². The van der Waals surface area contributed by atoms with Crippen molar-refractivity contribution in [2.45, 2.75) is 5.75 Å². The van der Waals surface area contributed by atoms with Crippen molar-refractivity contribution in [2.24, 2.45) is 0 Å². The summed E-state index contributed by atoms with van der Waals surface area (Å²) in [5.74, 6) is 1.59. The Bertz CT molecular complexity index is 406. The Balaban J connectivity index is 2.53. The van der Waals surface area contributed by atoms with Gasteiger partial charge in [-0.2, -0.15) is 5.26 Å². The summed E-state index contributed by atoms with van der Waals surface area (Å²) < 4.78 is 0. The normalized spacial score (nSPS) is 14.8. The molecule has 0 saturated carbocycles. The number of nitriles is 1. The SMILES string of the molecule is N#Cc1ccc2c(c1)CSCC2=O. The molecule has 64 valence electrons. The van der Waals surface area contributed by atoms with E-state index in [9.17, 15) is 4.79 Å². The predicted octanol–water partition coefficient (Wildman–Crippen LogP) is 1.99.